The van der Waals surface area contributed by atoms with Crippen molar-refractivity contribution in [3.8, 4) is 0 Å². The van der Waals surface area contributed by atoms with Gasteiger partial charge >= 0.3 is 0 Å². The number of nitrogens with two attached hydrogens (primary N) is 1. The fraction of sp³-hybridized carbons (Fsp3) is 0.500. The molecule has 2 rings (SSSR count). The highest BCUT2D eigenvalue weighted by molar-refractivity contribution is 7.18. The number of methoxy groups -OCH3 is 2. The van der Waals surface area contributed by atoms with Crippen LogP contribution in [0.2, 0.25) is 0 Å². The minimum Gasteiger partial charge on any atom is -0.397 e. The van der Waals surface area contributed by atoms with Crippen LogP contribution in [0.5, 0.6) is 0 Å². The van der Waals surface area contributed by atoms with Crippen molar-refractivity contribution >= 4 is 27.9 Å². The molecule has 0 saturated carbocycles. The fourth-order valence-corrected chi connectivity index (χ4v) is 3.36. The number of rotatable bonds is 6. The molecule has 1 aromatic heterocycles. The molecule has 0 radical (unpaired) electrons. The zero-order chi connectivity index (χ0) is 15.4. The van der Waals surface area contributed by atoms with Crippen molar-refractivity contribution in [2.24, 2.45) is 0 Å². The normalized spacial score (nSPS) is 21.5. The lowest BCUT2D eigenvalue weighted by Gasteiger charge is -2.14. The van der Waals surface area contributed by atoms with E-state index in [2.05, 4.69) is 16.8 Å². The second-order valence-electron chi connectivity index (χ2n) is 4.82. The summed E-state index contributed by atoms with van der Waals surface area (Å²) in [6.07, 6.45) is 1.68. The monoisotopic (exact) mass is 311 g/mol. The topological polar surface area (TPSA) is 76.8 Å². The number of amides is 1. The van der Waals surface area contributed by atoms with Crippen molar-refractivity contribution in [1.82, 2.24) is 5.32 Å². The summed E-state index contributed by atoms with van der Waals surface area (Å²) in [7, 11) is 3.36. The van der Waals surface area contributed by atoms with Gasteiger partial charge in [0.15, 0.2) is 0 Å². The minimum atomic E-state index is -0.172. The number of nitrogens with one attached hydrogen (secondary N) is 1. The van der Waals surface area contributed by atoms with Gasteiger partial charge in [-0.15, -0.1) is 17.9 Å². The molecule has 1 aliphatic heterocycles. The van der Waals surface area contributed by atoms with Crippen LogP contribution in [0.15, 0.2) is 18.7 Å². The molecule has 1 fully saturated rings. The Labute approximate surface area is 128 Å². The van der Waals surface area contributed by atoms with Gasteiger partial charge in [0, 0.05) is 33.9 Å². The maximum atomic E-state index is 12.0. The molecule has 116 valence electrons. The summed E-state index contributed by atoms with van der Waals surface area (Å²) >= 11 is 1.38. The molecule has 1 amide bonds. The summed E-state index contributed by atoms with van der Waals surface area (Å²) in [5.41, 5.74) is 6.44. The van der Waals surface area contributed by atoms with E-state index in [0.717, 1.165) is 18.1 Å². The first-order chi connectivity index (χ1) is 10.1. The summed E-state index contributed by atoms with van der Waals surface area (Å²) in [4.78, 5) is 14.7. The smallest absolute Gasteiger partial charge is 0.263 e. The molecule has 0 spiro atoms. The van der Waals surface area contributed by atoms with Gasteiger partial charge in [0.25, 0.3) is 5.91 Å². The van der Waals surface area contributed by atoms with E-state index in [0.29, 0.717) is 17.1 Å². The van der Waals surface area contributed by atoms with Gasteiger partial charge in [0.1, 0.15) is 17.1 Å². The van der Waals surface area contributed by atoms with Gasteiger partial charge in [-0.3, -0.25) is 4.79 Å². The first-order valence-electron chi connectivity index (χ1n) is 6.69. The average molecular weight is 311 g/mol. The predicted octanol–water partition coefficient (Wildman–Crippen LogP) is 1.10. The second kappa shape index (κ2) is 6.93. The molecule has 3 N–H and O–H groups in total. The number of thiophene rings is 1. The van der Waals surface area contributed by atoms with Gasteiger partial charge in [-0.1, -0.05) is 6.08 Å². The maximum Gasteiger partial charge on any atom is 0.263 e. The number of ether oxygens (including phenoxy) is 2. The van der Waals surface area contributed by atoms with Crippen molar-refractivity contribution in [2.45, 2.75) is 12.2 Å². The van der Waals surface area contributed by atoms with E-state index in [1.165, 1.54) is 11.3 Å². The highest BCUT2D eigenvalue weighted by atomic mass is 32.1. The first-order valence-corrected chi connectivity index (χ1v) is 7.51. The molecule has 6 nitrogen and oxygen atoms in total. The van der Waals surface area contributed by atoms with Gasteiger partial charge in [0.05, 0.1) is 10.7 Å². The third-order valence-electron chi connectivity index (χ3n) is 3.49. The second-order valence-corrected chi connectivity index (χ2v) is 5.85. The first kappa shape index (κ1) is 15.8. The molecule has 7 heteroatoms. The van der Waals surface area contributed by atoms with Crippen LogP contribution in [0.1, 0.15) is 9.67 Å². The Morgan fingerprint density at radius 2 is 2.14 bits per heavy atom. The van der Waals surface area contributed by atoms with Crippen molar-refractivity contribution in [1.29, 1.82) is 0 Å². The number of hydrogen-bond acceptors (Lipinski definition) is 6. The Kier molecular flexibility index (Phi) is 5.22. The summed E-state index contributed by atoms with van der Waals surface area (Å²) in [5.74, 6) is -0.172. The van der Waals surface area contributed by atoms with Crippen LogP contribution in [0, 0.1) is 0 Å². The van der Waals surface area contributed by atoms with Crippen molar-refractivity contribution < 1.29 is 14.3 Å². The van der Waals surface area contributed by atoms with Crippen LogP contribution in [-0.2, 0) is 9.47 Å². The van der Waals surface area contributed by atoms with Crippen LogP contribution in [0.4, 0.5) is 10.7 Å². The Morgan fingerprint density at radius 3 is 2.67 bits per heavy atom. The fourth-order valence-electron chi connectivity index (χ4n) is 2.35. The molecule has 0 aliphatic carbocycles. The number of anilines is 2. The van der Waals surface area contributed by atoms with Crippen LogP contribution in [0.25, 0.3) is 0 Å². The quantitative estimate of drug-likeness (QED) is 0.769. The third kappa shape index (κ3) is 3.37. The van der Waals surface area contributed by atoms with Crippen LogP contribution < -0.4 is 16.0 Å². The Bertz CT molecular complexity index is 506. The minimum absolute atomic E-state index is 0.0244. The number of hydrogen-bond donors (Lipinski definition) is 2. The number of nitrogens with zero attached hydrogens (tertiary/aromatic N) is 1. The number of carbonyl (C=O) groups is 1. The van der Waals surface area contributed by atoms with E-state index >= 15 is 0 Å². The summed E-state index contributed by atoms with van der Waals surface area (Å²) in [6.45, 7) is 5.45. The van der Waals surface area contributed by atoms with E-state index in [-0.39, 0.29) is 18.1 Å². The predicted molar refractivity (Wildman–Crippen MR) is 85.1 cm³/mol. The van der Waals surface area contributed by atoms with E-state index < -0.39 is 0 Å². The Hall–Kier alpha value is -1.57. The lowest BCUT2D eigenvalue weighted by molar-refractivity contribution is -0.00461. The standard InChI is InChI=1S/C14H21N3O3S/c1-4-5-16-14(18)13-9(15)6-12(21-13)17-7-10(19-2)11(8-17)20-3/h4,6,10-11H,1,5,7-8,15H2,2-3H3,(H,16,18). The summed E-state index contributed by atoms with van der Waals surface area (Å²) < 4.78 is 10.8. The molecule has 1 aliphatic rings. The largest absolute Gasteiger partial charge is 0.397 e. The van der Waals surface area contributed by atoms with E-state index in [4.69, 9.17) is 15.2 Å². The van der Waals surface area contributed by atoms with Crippen LogP contribution >= 0.6 is 11.3 Å². The highest BCUT2D eigenvalue weighted by Crippen LogP contribution is 2.34. The molecule has 0 aromatic carbocycles. The molecule has 2 heterocycles. The zero-order valence-corrected chi connectivity index (χ0v) is 13.1. The molecule has 2 atom stereocenters. The molecule has 2 unspecified atom stereocenters. The zero-order valence-electron chi connectivity index (χ0n) is 12.3. The van der Waals surface area contributed by atoms with Crippen molar-refractivity contribution in [3.63, 3.8) is 0 Å². The molecule has 1 aromatic rings. The van der Waals surface area contributed by atoms with Gasteiger partial charge in [0.2, 0.25) is 0 Å². The Morgan fingerprint density at radius 1 is 1.52 bits per heavy atom. The van der Waals surface area contributed by atoms with Gasteiger partial charge in [-0.25, -0.2) is 0 Å². The third-order valence-corrected chi connectivity index (χ3v) is 4.70. The van der Waals surface area contributed by atoms with Crippen LogP contribution in [-0.4, -0.2) is 52.0 Å². The SMILES string of the molecule is C=CCNC(=O)c1sc(N2CC(OC)C(OC)C2)cc1N. The number of carbonyl (C=O) groups excluding carboxylic acids is 1. The summed E-state index contributed by atoms with van der Waals surface area (Å²) in [6, 6.07) is 1.83. The molecule has 1 saturated heterocycles. The molecular formula is C14H21N3O3S. The molecule has 0 bridgehead atoms. The van der Waals surface area contributed by atoms with Gasteiger partial charge in [-0.2, -0.15) is 0 Å². The van der Waals surface area contributed by atoms with E-state index in [9.17, 15) is 4.79 Å². The maximum absolute atomic E-state index is 12.0. The average Bonchev–Trinajstić information content (AvgIpc) is 3.07. The highest BCUT2D eigenvalue weighted by Gasteiger charge is 2.34. The lowest BCUT2D eigenvalue weighted by Crippen LogP contribution is -2.27. The molecular weight excluding hydrogens is 290 g/mol. The molecule has 21 heavy (non-hydrogen) atoms. The van der Waals surface area contributed by atoms with Crippen molar-refractivity contribution in [3.05, 3.63) is 23.6 Å². The van der Waals surface area contributed by atoms with Gasteiger partial charge < -0.3 is 25.4 Å². The van der Waals surface area contributed by atoms with E-state index in [1.54, 1.807) is 20.3 Å². The summed E-state index contributed by atoms with van der Waals surface area (Å²) in [5, 5.41) is 3.70. The lowest BCUT2D eigenvalue weighted by atomic mass is 10.3. The van der Waals surface area contributed by atoms with Gasteiger partial charge in [-0.05, 0) is 6.07 Å². The van der Waals surface area contributed by atoms with Crippen LogP contribution in [0.3, 0.4) is 0 Å². The van der Waals surface area contributed by atoms with E-state index in [1.807, 2.05) is 6.07 Å². The number of nitrogen functional groups attached to an aromatic ring is 1. The van der Waals surface area contributed by atoms with Crippen molar-refractivity contribution in [2.75, 3.05) is 44.5 Å². The Balaban J connectivity index is 2.12.